The average Bonchev–Trinajstić information content (AvgIpc) is 2.86. The van der Waals surface area contributed by atoms with Crippen molar-refractivity contribution in [2.75, 3.05) is 0 Å². The van der Waals surface area contributed by atoms with Gasteiger partial charge in [0.15, 0.2) is 11.6 Å². The first-order valence-corrected chi connectivity index (χ1v) is 7.50. The van der Waals surface area contributed by atoms with Crippen LogP contribution in [0.2, 0.25) is 0 Å². The van der Waals surface area contributed by atoms with Gasteiger partial charge in [0, 0.05) is 5.56 Å². The third-order valence-corrected chi connectivity index (χ3v) is 3.97. The van der Waals surface area contributed by atoms with Gasteiger partial charge >= 0.3 is 5.97 Å². The molecule has 0 spiro atoms. The molecule has 2 aromatic carbocycles. The van der Waals surface area contributed by atoms with Gasteiger partial charge in [-0.3, -0.25) is 4.79 Å². The largest absolute Gasteiger partial charge is 0.453 e. The highest BCUT2D eigenvalue weighted by molar-refractivity contribution is 5.94. The Morgan fingerprint density at radius 1 is 1.21 bits per heavy atom. The predicted octanol–water partition coefficient (Wildman–Crippen LogP) is 3.44. The van der Waals surface area contributed by atoms with Crippen molar-refractivity contribution in [1.82, 2.24) is 5.32 Å². The Labute approximate surface area is 137 Å². The highest BCUT2D eigenvalue weighted by Gasteiger charge is 2.32. The molecule has 0 aromatic heterocycles. The molecule has 1 aliphatic rings. The van der Waals surface area contributed by atoms with Gasteiger partial charge in [-0.2, -0.15) is 0 Å². The number of fused-ring (bicyclic) bond motifs is 1. The fourth-order valence-electron chi connectivity index (χ4n) is 2.71. The van der Waals surface area contributed by atoms with Crippen LogP contribution in [-0.2, 0) is 9.53 Å². The quantitative estimate of drug-likeness (QED) is 0.873. The van der Waals surface area contributed by atoms with Crippen molar-refractivity contribution in [3.05, 3.63) is 70.8 Å². The standard InChI is InChI=1S/C18H15F2NO3/c1-10(11-6-7-14(19)15(20)8-11)21-17(22)9-16-12-4-2-3-5-13(12)18(23)24-16/h2-8,10,16H,9H2,1H3,(H,21,22)/t10-,16+/m0/s1. The third-order valence-electron chi connectivity index (χ3n) is 3.97. The second-order valence-electron chi connectivity index (χ2n) is 5.65. The first-order valence-electron chi connectivity index (χ1n) is 7.50. The number of hydrogen-bond acceptors (Lipinski definition) is 3. The van der Waals surface area contributed by atoms with Crippen LogP contribution in [-0.4, -0.2) is 11.9 Å². The van der Waals surface area contributed by atoms with E-state index in [-0.39, 0.29) is 12.3 Å². The second-order valence-corrected chi connectivity index (χ2v) is 5.65. The minimum Gasteiger partial charge on any atom is -0.453 e. The van der Waals surface area contributed by atoms with Crippen LogP contribution >= 0.6 is 0 Å². The molecule has 124 valence electrons. The van der Waals surface area contributed by atoms with Crippen molar-refractivity contribution in [2.24, 2.45) is 0 Å². The lowest BCUT2D eigenvalue weighted by Gasteiger charge is -2.16. The van der Waals surface area contributed by atoms with Crippen LogP contribution in [0.25, 0.3) is 0 Å². The number of carbonyl (C=O) groups is 2. The summed E-state index contributed by atoms with van der Waals surface area (Å²) in [6, 6.07) is 9.88. The normalized spacial score (nSPS) is 17.1. The van der Waals surface area contributed by atoms with Crippen molar-refractivity contribution in [3.8, 4) is 0 Å². The topological polar surface area (TPSA) is 55.4 Å². The Hall–Kier alpha value is -2.76. The molecule has 4 nitrogen and oxygen atoms in total. The van der Waals surface area contributed by atoms with E-state index in [1.165, 1.54) is 6.07 Å². The Morgan fingerprint density at radius 2 is 1.96 bits per heavy atom. The summed E-state index contributed by atoms with van der Waals surface area (Å²) in [5.74, 6) is -2.70. The zero-order valence-corrected chi connectivity index (χ0v) is 12.9. The summed E-state index contributed by atoms with van der Waals surface area (Å²) in [5.41, 5.74) is 1.59. The van der Waals surface area contributed by atoms with E-state index in [1.807, 2.05) is 0 Å². The number of halogens is 2. The van der Waals surface area contributed by atoms with Crippen LogP contribution in [0.1, 0.15) is 47.0 Å². The molecule has 0 unspecified atom stereocenters. The zero-order chi connectivity index (χ0) is 17.3. The highest BCUT2D eigenvalue weighted by Crippen LogP contribution is 2.32. The van der Waals surface area contributed by atoms with Crippen LogP contribution < -0.4 is 5.32 Å². The molecule has 24 heavy (non-hydrogen) atoms. The summed E-state index contributed by atoms with van der Waals surface area (Å²) in [4.78, 5) is 23.9. The van der Waals surface area contributed by atoms with E-state index in [0.717, 1.165) is 12.1 Å². The van der Waals surface area contributed by atoms with Crippen molar-refractivity contribution in [3.63, 3.8) is 0 Å². The Morgan fingerprint density at radius 3 is 2.71 bits per heavy atom. The Bertz CT molecular complexity index is 807. The Balaban J connectivity index is 1.66. The molecule has 1 heterocycles. The van der Waals surface area contributed by atoms with Gasteiger partial charge in [-0.15, -0.1) is 0 Å². The first kappa shape index (κ1) is 16.1. The van der Waals surface area contributed by atoms with E-state index in [0.29, 0.717) is 16.7 Å². The molecule has 0 saturated heterocycles. The maximum Gasteiger partial charge on any atom is 0.339 e. The van der Waals surface area contributed by atoms with Crippen LogP contribution in [0.4, 0.5) is 8.78 Å². The van der Waals surface area contributed by atoms with Gasteiger partial charge in [0.25, 0.3) is 0 Å². The molecule has 0 aliphatic carbocycles. The molecular formula is C18H15F2NO3. The van der Waals surface area contributed by atoms with Gasteiger partial charge in [0.2, 0.25) is 5.91 Å². The van der Waals surface area contributed by atoms with Gasteiger partial charge < -0.3 is 10.1 Å². The lowest BCUT2D eigenvalue weighted by molar-refractivity contribution is -0.123. The van der Waals surface area contributed by atoms with E-state index in [9.17, 15) is 18.4 Å². The smallest absolute Gasteiger partial charge is 0.339 e. The molecule has 1 amide bonds. The number of ether oxygens (including phenoxy) is 1. The zero-order valence-electron chi connectivity index (χ0n) is 12.9. The van der Waals surface area contributed by atoms with E-state index in [4.69, 9.17) is 4.74 Å². The number of amides is 1. The number of esters is 1. The fourth-order valence-corrected chi connectivity index (χ4v) is 2.71. The fraction of sp³-hybridized carbons (Fsp3) is 0.222. The average molecular weight is 331 g/mol. The van der Waals surface area contributed by atoms with Crippen molar-refractivity contribution in [2.45, 2.75) is 25.5 Å². The van der Waals surface area contributed by atoms with Crippen molar-refractivity contribution >= 4 is 11.9 Å². The molecule has 2 atom stereocenters. The van der Waals surface area contributed by atoms with Gasteiger partial charge in [-0.25, -0.2) is 13.6 Å². The highest BCUT2D eigenvalue weighted by atomic mass is 19.2. The summed E-state index contributed by atoms with van der Waals surface area (Å²) < 4.78 is 31.4. The summed E-state index contributed by atoms with van der Waals surface area (Å²) in [7, 11) is 0. The van der Waals surface area contributed by atoms with Crippen LogP contribution in [0.3, 0.4) is 0 Å². The third kappa shape index (κ3) is 3.13. The van der Waals surface area contributed by atoms with Crippen molar-refractivity contribution in [1.29, 1.82) is 0 Å². The number of carbonyl (C=O) groups excluding carboxylic acids is 2. The number of cyclic esters (lactones) is 1. The maximum atomic E-state index is 13.3. The van der Waals surface area contributed by atoms with E-state index < -0.39 is 29.7 Å². The van der Waals surface area contributed by atoms with E-state index in [2.05, 4.69) is 5.32 Å². The molecule has 3 rings (SSSR count). The molecule has 1 aliphatic heterocycles. The number of nitrogens with one attached hydrogen (secondary N) is 1. The van der Waals surface area contributed by atoms with E-state index >= 15 is 0 Å². The Kier molecular flexibility index (Phi) is 4.29. The summed E-state index contributed by atoms with van der Waals surface area (Å²) >= 11 is 0. The molecule has 0 radical (unpaired) electrons. The van der Waals surface area contributed by atoms with Crippen molar-refractivity contribution < 1.29 is 23.1 Å². The summed E-state index contributed by atoms with van der Waals surface area (Å²) in [6.45, 7) is 1.67. The molecule has 0 saturated carbocycles. The molecule has 0 fully saturated rings. The van der Waals surface area contributed by atoms with E-state index in [1.54, 1.807) is 31.2 Å². The van der Waals surface area contributed by atoms with Gasteiger partial charge in [-0.05, 0) is 30.7 Å². The van der Waals surface area contributed by atoms with Crippen LogP contribution in [0.15, 0.2) is 42.5 Å². The van der Waals surface area contributed by atoms with Gasteiger partial charge in [0.05, 0.1) is 18.0 Å². The van der Waals surface area contributed by atoms with Gasteiger partial charge in [-0.1, -0.05) is 24.3 Å². The predicted molar refractivity (Wildman–Crippen MR) is 82.1 cm³/mol. The monoisotopic (exact) mass is 331 g/mol. The minimum absolute atomic E-state index is 0.0310. The van der Waals surface area contributed by atoms with Gasteiger partial charge in [0.1, 0.15) is 6.10 Å². The number of rotatable bonds is 4. The number of hydrogen-bond donors (Lipinski definition) is 1. The summed E-state index contributed by atoms with van der Waals surface area (Å²) in [6.07, 6.45) is -0.664. The van der Waals surface area contributed by atoms with Crippen LogP contribution in [0.5, 0.6) is 0 Å². The van der Waals surface area contributed by atoms with Crippen LogP contribution in [0, 0.1) is 11.6 Å². The summed E-state index contributed by atoms with van der Waals surface area (Å²) in [5, 5.41) is 2.70. The molecule has 0 bridgehead atoms. The SMILES string of the molecule is C[C@H](NC(=O)C[C@H]1OC(=O)c2ccccc21)c1ccc(F)c(F)c1. The molecule has 2 aromatic rings. The lowest BCUT2D eigenvalue weighted by atomic mass is 10.0. The molecule has 6 heteroatoms. The lowest BCUT2D eigenvalue weighted by Crippen LogP contribution is -2.28. The number of benzene rings is 2. The second kappa shape index (κ2) is 6.39. The molecule has 1 N–H and O–H groups in total. The molecular weight excluding hydrogens is 316 g/mol. The maximum absolute atomic E-state index is 13.3. The first-order chi connectivity index (χ1) is 11.5. The minimum atomic E-state index is -0.966.